The van der Waals surface area contributed by atoms with Gasteiger partial charge in [0.15, 0.2) is 5.78 Å². The van der Waals surface area contributed by atoms with Crippen LogP contribution in [0.1, 0.15) is 17.0 Å². The molecule has 0 aliphatic heterocycles. The molecule has 3 aromatic carbocycles. The van der Waals surface area contributed by atoms with E-state index < -0.39 is 40.7 Å². The molecule has 13 heteroatoms. The van der Waals surface area contributed by atoms with Crippen molar-refractivity contribution in [2.24, 2.45) is 0 Å². The maximum atomic E-state index is 12.8. The van der Waals surface area contributed by atoms with Gasteiger partial charge in [-0.1, -0.05) is 40.9 Å². The highest BCUT2D eigenvalue weighted by atomic mass is 35.5. The van der Waals surface area contributed by atoms with Gasteiger partial charge in [-0.05, 0) is 42.0 Å². The summed E-state index contributed by atoms with van der Waals surface area (Å²) in [7, 11) is 0. The number of alkyl halides is 3. The van der Waals surface area contributed by atoms with Crippen LogP contribution < -0.4 is 9.47 Å². The van der Waals surface area contributed by atoms with E-state index in [9.17, 15) is 33.3 Å². The van der Waals surface area contributed by atoms with Crippen LogP contribution in [-0.2, 0) is 11.0 Å². The van der Waals surface area contributed by atoms with Crippen LogP contribution in [0.15, 0.2) is 54.6 Å². The molecule has 0 fully saturated rings. The third-order valence-corrected chi connectivity index (χ3v) is 5.57. The lowest BCUT2D eigenvalue weighted by Crippen LogP contribution is -2.19. The van der Waals surface area contributed by atoms with Crippen molar-refractivity contribution in [1.29, 1.82) is 5.26 Å². The van der Waals surface area contributed by atoms with Gasteiger partial charge in [-0.2, -0.15) is 18.4 Å². The SMILES string of the molecule is N#CC(C(=O)COc1cc(Oc2ccc(C(F)(F)F)cc2Cl)ccc1[N+](=O)[O-])c1ccc(Cl)cc1Cl. The second kappa shape index (κ2) is 11.0. The van der Waals surface area contributed by atoms with E-state index >= 15 is 0 Å². The van der Waals surface area contributed by atoms with E-state index in [4.69, 9.17) is 44.3 Å². The van der Waals surface area contributed by atoms with Crippen molar-refractivity contribution in [3.63, 3.8) is 0 Å². The van der Waals surface area contributed by atoms with Gasteiger partial charge in [0.1, 0.15) is 24.0 Å². The number of ketones is 1. The number of benzene rings is 3. The van der Waals surface area contributed by atoms with Gasteiger partial charge >= 0.3 is 11.9 Å². The molecule has 186 valence electrons. The van der Waals surface area contributed by atoms with Crippen molar-refractivity contribution < 1.29 is 32.4 Å². The second-order valence-corrected chi connectivity index (χ2v) is 8.37. The average molecular weight is 560 g/mol. The lowest BCUT2D eigenvalue weighted by atomic mass is 9.96. The van der Waals surface area contributed by atoms with Gasteiger partial charge in [0.05, 0.1) is 21.6 Å². The van der Waals surface area contributed by atoms with Gasteiger partial charge in [0.2, 0.25) is 5.75 Å². The Kier molecular flexibility index (Phi) is 8.30. The molecular formula is C23H12Cl3F3N2O5. The first kappa shape index (κ1) is 27.1. The summed E-state index contributed by atoms with van der Waals surface area (Å²) >= 11 is 17.8. The Morgan fingerprint density at radius 1 is 1.03 bits per heavy atom. The maximum absolute atomic E-state index is 12.8. The zero-order valence-electron chi connectivity index (χ0n) is 17.7. The molecule has 7 nitrogen and oxygen atoms in total. The molecule has 0 radical (unpaired) electrons. The van der Waals surface area contributed by atoms with Crippen molar-refractivity contribution in [1.82, 2.24) is 0 Å². The fourth-order valence-electron chi connectivity index (χ4n) is 2.99. The van der Waals surface area contributed by atoms with Crippen LogP contribution in [0.4, 0.5) is 18.9 Å². The van der Waals surface area contributed by atoms with E-state index in [0.29, 0.717) is 11.1 Å². The molecule has 0 saturated carbocycles. The number of Topliss-reactive ketones (excluding diaryl/α,β-unsaturated/α-hetero) is 1. The Balaban J connectivity index is 1.82. The molecule has 36 heavy (non-hydrogen) atoms. The number of nitriles is 1. The van der Waals surface area contributed by atoms with Crippen molar-refractivity contribution >= 4 is 46.3 Å². The highest BCUT2D eigenvalue weighted by Crippen LogP contribution is 2.38. The number of nitrogens with zero attached hydrogens (tertiary/aromatic N) is 2. The first-order chi connectivity index (χ1) is 16.9. The minimum absolute atomic E-state index is 0.0673. The summed E-state index contributed by atoms with van der Waals surface area (Å²) in [6, 6.07) is 11.7. The average Bonchev–Trinajstić information content (AvgIpc) is 2.80. The summed E-state index contributed by atoms with van der Waals surface area (Å²) in [6.45, 7) is -0.734. The molecule has 0 spiro atoms. The zero-order chi connectivity index (χ0) is 26.6. The quantitative estimate of drug-likeness (QED) is 0.208. The summed E-state index contributed by atoms with van der Waals surface area (Å²) in [5.74, 6) is -2.68. The number of ether oxygens (including phenoxy) is 2. The Bertz CT molecular complexity index is 1380. The van der Waals surface area contributed by atoms with Gasteiger partial charge in [0.25, 0.3) is 0 Å². The smallest absolute Gasteiger partial charge is 0.416 e. The summed E-state index contributed by atoms with van der Waals surface area (Å²) in [5, 5.41) is 20.9. The first-order valence-corrected chi connectivity index (χ1v) is 10.9. The van der Waals surface area contributed by atoms with Gasteiger partial charge in [0, 0.05) is 22.2 Å². The predicted molar refractivity (Wildman–Crippen MR) is 125 cm³/mol. The fourth-order valence-corrected chi connectivity index (χ4v) is 3.73. The standard InChI is InChI=1S/C23H12Cl3F3N2O5/c24-13-2-4-15(17(25)8-13)16(10-30)20(32)11-35-22-9-14(3-5-19(22)31(33)34)36-21-6-1-12(7-18(21)26)23(27,28)29/h1-9,16H,11H2. The van der Waals surface area contributed by atoms with Crippen LogP contribution in [0.2, 0.25) is 15.1 Å². The number of hydrogen-bond acceptors (Lipinski definition) is 6. The molecular weight excluding hydrogens is 548 g/mol. The molecule has 3 rings (SSSR count). The van der Waals surface area contributed by atoms with Crippen LogP contribution in [0, 0.1) is 21.4 Å². The minimum atomic E-state index is -4.61. The maximum Gasteiger partial charge on any atom is 0.416 e. The van der Waals surface area contributed by atoms with Crippen molar-refractivity contribution in [2.45, 2.75) is 12.1 Å². The molecule has 0 heterocycles. The summed E-state index contributed by atoms with van der Waals surface area (Å²) in [5.41, 5.74) is -1.33. The van der Waals surface area contributed by atoms with Crippen molar-refractivity contribution in [2.75, 3.05) is 6.61 Å². The van der Waals surface area contributed by atoms with Gasteiger partial charge < -0.3 is 9.47 Å². The van der Waals surface area contributed by atoms with Crippen LogP contribution in [0.25, 0.3) is 0 Å². The van der Waals surface area contributed by atoms with Crippen LogP contribution >= 0.6 is 34.8 Å². The number of nitro groups is 1. The summed E-state index contributed by atoms with van der Waals surface area (Å²) in [6.07, 6.45) is -4.61. The molecule has 0 aliphatic carbocycles. The Morgan fingerprint density at radius 3 is 2.33 bits per heavy atom. The van der Waals surface area contributed by atoms with E-state index in [-0.39, 0.29) is 32.9 Å². The largest absolute Gasteiger partial charge is 0.479 e. The van der Waals surface area contributed by atoms with Gasteiger partial charge in [-0.15, -0.1) is 0 Å². The minimum Gasteiger partial charge on any atom is -0.479 e. The van der Waals surface area contributed by atoms with Crippen LogP contribution in [-0.4, -0.2) is 17.3 Å². The van der Waals surface area contributed by atoms with Crippen molar-refractivity contribution in [3.8, 4) is 23.3 Å². The van der Waals surface area contributed by atoms with Gasteiger partial charge in [-0.3, -0.25) is 14.9 Å². The predicted octanol–water partition coefficient (Wildman–Crippen LogP) is 7.62. The Labute approximate surface area is 216 Å². The number of rotatable bonds is 8. The highest BCUT2D eigenvalue weighted by Gasteiger charge is 2.31. The molecule has 0 bridgehead atoms. The molecule has 0 aliphatic rings. The van der Waals surface area contributed by atoms with E-state index in [1.54, 1.807) is 0 Å². The summed E-state index contributed by atoms with van der Waals surface area (Å²) < 4.78 is 49.3. The third kappa shape index (κ3) is 6.37. The van der Waals surface area contributed by atoms with E-state index in [0.717, 1.165) is 24.3 Å². The van der Waals surface area contributed by atoms with Crippen LogP contribution in [0.3, 0.4) is 0 Å². The summed E-state index contributed by atoms with van der Waals surface area (Å²) in [4.78, 5) is 23.3. The molecule has 1 atom stereocenters. The normalized spacial score (nSPS) is 11.9. The van der Waals surface area contributed by atoms with E-state index in [1.807, 2.05) is 6.07 Å². The zero-order valence-corrected chi connectivity index (χ0v) is 20.0. The van der Waals surface area contributed by atoms with E-state index in [2.05, 4.69) is 0 Å². The third-order valence-electron chi connectivity index (χ3n) is 4.71. The molecule has 1 unspecified atom stereocenters. The number of carbonyl (C=O) groups is 1. The highest BCUT2D eigenvalue weighted by molar-refractivity contribution is 6.35. The number of nitro benzene ring substituents is 1. The number of hydrogen-bond donors (Lipinski definition) is 0. The van der Waals surface area contributed by atoms with Crippen LogP contribution in [0.5, 0.6) is 17.2 Å². The topological polar surface area (TPSA) is 102 Å². The monoisotopic (exact) mass is 558 g/mol. The molecule has 0 amide bonds. The Hall–Kier alpha value is -3.52. The van der Waals surface area contributed by atoms with E-state index in [1.165, 1.54) is 24.3 Å². The van der Waals surface area contributed by atoms with Crippen molar-refractivity contribution in [3.05, 3.63) is 90.9 Å². The lowest BCUT2D eigenvalue weighted by molar-refractivity contribution is -0.385. The first-order valence-electron chi connectivity index (χ1n) is 9.74. The fraction of sp³-hybridized carbons (Fsp3) is 0.130. The number of halogens is 6. The molecule has 0 aromatic heterocycles. The van der Waals surface area contributed by atoms with Gasteiger partial charge in [-0.25, -0.2) is 0 Å². The molecule has 0 N–H and O–H groups in total. The number of carbonyl (C=O) groups excluding carboxylic acids is 1. The lowest BCUT2D eigenvalue weighted by Gasteiger charge is -2.13. The molecule has 3 aromatic rings. The molecule has 0 saturated heterocycles. The Morgan fingerprint density at radius 2 is 1.75 bits per heavy atom. The second-order valence-electron chi connectivity index (χ2n) is 7.11.